The van der Waals surface area contributed by atoms with E-state index in [-0.39, 0.29) is 18.0 Å². The number of amides is 1. The number of sulfonamides is 1. The monoisotopic (exact) mass is 532 g/mol. The van der Waals surface area contributed by atoms with Gasteiger partial charge in [-0.15, -0.1) is 0 Å². The van der Waals surface area contributed by atoms with Crippen LogP contribution in [0.3, 0.4) is 0 Å². The Morgan fingerprint density at radius 2 is 1.47 bits per heavy atom. The maximum absolute atomic E-state index is 12.8. The van der Waals surface area contributed by atoms with Crippen LogP contribution in [-0.2, 0) is 36.4 Å². The van der Waals surface area contributed by atoms with Crippen LogP contribution in [0.1, 0.15) is 29.5 Å². The zero-order valence-corrected chi connectivity index (χ0v) is 21.2. The lowest BCUT2D eigenvalue weighted by Gasteiger charge is -2.16. The van der Waals surface area contributed by atoms with Crippen LogP contribution in [0.2, 0.25) is 0 Å². The smallest absolute Gasteiger partial charge is 0.413 e. The maximum Gasteiger partial charge on any atom is 0.413 e. The molecule has 1 amide bonds. The van der Waals surface area contributed by atoms with Gasteiger partial charge in [0.2, 0.25) is 0 Å². The molecule has 38 heavy (non-hydrogen) atoms. The second kappa shape index (κ2) is 9.46. The van der Waals surface area contributed by atoms with E-state index in [1.165, 1.54) is 7.05 Å². The van der Waals surface area contributed by atoms with Gasteiger partial charge in [0, 0.05) is 7.05 Å². The van der Waals surface area contributed by atoms with E-state index in [4.69, 9.17) is 4.74 Å². The summed E-state index contributed by atoms with van der Waals surface area (Å²) in [5, 5.41) is 10.8. The van der Waals surface area contributed by atoms with Crippen molar-refractivity contribution in [3.05, 3.63) is 101 Å². The fraction of sp³-hybridized carbons (Fsp3) is 0.179. The van der Waals surface area contributed by atoms with Gasteiger partial charge in [-0.3, -0.25) is 19.2 Å². The highest BCUT2D eigenvalue weighted by atomic mass is 32.2. The number of aliphatic carboxylic acids is 1. The lowest BCUT2D eigenvalue weighted by Crippen LogP contribution is -2.34. The first-order valence-corrected chi connectivity index (χ1v) is 13.3. The Labute approximate surface area is 219 Å². The summed E-state index contributed by atoms with van der Waals surface area (Å²) in [5.41, 5.74) is 2.49. The molecular weight excluding hydrogens is 508 g/mol. The number of alkyl carbamates (subject to hydrolysis) is 1. The van der Waals surface area contributed by atoms with E-state index in [1.54, 1.807) is 60.7 Å². The van der Waals surface area contributed by atoms with Gasteiger partial charge < -0.3 is 9.84 Å². The van der Waals surface area contributed by atoms with Crippen LogP contribution < -0.4 is 5.32 Å². The van der Waals surface area contributed by atoms with Crippen LogP contribution in [-0.4, -0.2) is 42.1 Å². The number of nitrogens with zero attached hydrogens (tertiary/aromatic N) is 1. The first-order chi connectivity index (χ1) is 18.1. The topological polar surface area (TPSA) is 130 Å². The largest absolute Gasteiger partial charge is 0.481 e. The minimum Gasteiger partial charge on any atom is -0.481 e. The number of rotatable bonds is 7. The molecule has 10 heteroatoms. The SMILES string of the molecule is CN1C(NC(=O)OCc2ccccc2)=C(c2ccc(-c3ccc(C4(C(=O)O)CC4)cc3)cc2)C(=O)S1(=O)=O. The highest BCUT2D eigenvalue weighted by molar-refractivity contribution is 8.05. The molecule has 5 rings (SSSR count). The van der Waals surface area contributed by atoms with Crippen LogP contribution in [0.5, 0.6) is 0 Å². The number of nitrogens with one attached hydrogen (secondary N) is 1. The average molecular weight is 533 g/mol. The fourth-order valence-electron chi connectivity index (χ4n) is 4.44. The molecule has 0 radical (unpaired) electrons. The number of ether oxygens (including phenoxy) is 1. The molecule has 0 aromatic heterocycles. The predicted molar refractivity (Wildman–Crippen MR) is 139 cm³/mol. The number of carbonyl (C=O) groups is 3. The molecule has 2 N–H and O–H groups in total. The first-order valence-electron chi connectivity index (χ1n) is 11.8. The van der Waals surface area contributed by atoms with E-state index < -0.39 is 32.6 Å². The molecule has 1 aliphatic heterocycles. The Bertz CT molecular complexity index is 1560. The van der Waals surface area contributed by atoms with Crippen molar-refractivity contribution >= 4 is 32.8 Å². The summed E-state index contributed by atoms with van der Waals surface area (Å²) in [6, 6.07) is 22.9. The van der Waals surface area contributed by atoms with Crippen molar-refractivity contribution in [3.8, 4) is 11.1 Å². The molecule has 1 aliphatic carbocycles. The Morgan fingerprint density at radius 1 is 0.921 bits per heavy atom. The summed E-state index contributed by atoms with van der Waals surface area (Å²) in [7, 11) is -3.16. The van der Waals surface area contributed by atoms with E-state index in [2.05, 4.69) is 5.32 Å². The average Bonchev–Trinajstić information content (AvgIpc) is 3.72. The van der Waals surface area contributed by atoms with Gasteiger partial charge in [-0.25, -0.2) is 4.79 Å². The molecule has 194 valence electrons. The summed E-state index contributed by atoms with van der Waals surface area (Å²) >= 11 is 0. The van der Waals surface area contributed by atoms with E-state index in [9.17, 15) is 27.9 Å². The lowest BCUT2D eigenvalue weighted by atomic mass is 9.93. The Morgan fingerprint density at radius 3 is 2.03 bits per heavy atom. The van der Waals surface area contributed by atoms with Gasteiger partial charge in [-0.05, 0) is 40.7 Å². The van der Waals surface area contributed by atoms with Crippen molar-refractivity contribution in [1.82, 2.24) is 9.62 Å². The molecule has 0 unspecified atom stereocenters. The van der Waals surface area contributed by atoms with Crippen LogP contribution in [0.25, 0.3) is 16.7 Å². The van der Waals surface area contributed by atoms with Gasteiger partial charge >= 0.3 is 27.2 Å². The molecule has 0 spiro atoms. The Kier molecular flexibility index (Phi) is 6.28. The van der Waals surface area contributed by atoms with E-state index in [1.807, 2.05) is 18.2 Å². The Balaban J connectivity index is 1.38. The minimum absolute atomic E-state index is 0.0270. The molecule has 0 saturated heterocycles. The van der Waals surface area contributed by atoms with Gasteiger partial charge in [-0.1, -0.05) is 78.9 Å². The molecule has 1 fully saturated rings. The molecule has 3 aromatic rings. The summed E-state index contributed by atoms with van der Waals surface area (Å²) < 4.78 is 31.1. The molecular formula is C28H24N2O7S. The van der Waals surface area contributed by atoms with Crippen molar-refractivity contribution < 1.29 is 32.6 Å². The Hall–Kier alpha value is -4.44. The van der Waals surface area contributed by atoms with Crippen molar-refractivity contribution in [2.24, 2.45) is 0 Å². The number of carboxylic acid groups (broad SMARTS) is 1. The summed E-state index contributed by atoms with van der Waals surface area (Å²) in [5.74, 6) is -1.01. The second-order valence-corrected chi connectivity index (χ2v) is 11.1. The third kappa shape index (κ3) is 4.43. The van der Waals surface area contributed by atoms with Gasteiger partial charge in [-0.2, -0.15) is 8.42 Å². The van der Waals surface area contributed by atoms with Gasteiger partial charge in [0.05, 0.1) is 11.0 Å². The quantitative estimate of drug-likeness (QED) is 0.472. The van der Waals surface area contributed by atoms with Crippen molar-refractivity contribution in [2.75, 3.05) is 7.05 Å². The molecule has 9 nitrogen and oxygen atoms in total. The third-order valence-electron chi connectivity index (χ3n) is 6.89. The highest BCUT2D eigenvalue weighted by Gasteiger charge is 2.51. The van der Waals surface area contributed by atoms with Crippen LogP contribution >= 0.6 is 0 Å². The van der Waals surface area contributed by atoms with Crippen LogP contribution in [0, 0.1) is 0 Å². The van der Waals surface area contributed by atoms with E-state index >= 15 is 0 Å². The number of benzene rings is 3. The van der Waals surface area contributed by atoms with Crippen molar-refractivity contribution in [3.63, 3.8) is 0 Å². The molecule has 1 saturated carbocycles. The molecule has 0 bridgehead atoms. The third-order valence-corrected chi connectivity index (χ3v) is 8.46. The van der Waals surface area contributed by atoms with Gasteiger partial charge in [0.15, 0.2) is 0 Å². The van der Waals surface area contributed by atoms with Gasteiger partial charge in [0.1, 0.15) is 12.4 Å². The molecule has 2 aliphatic rings. The number of carboxylic acids is 1. The lowest BCUT2D eigenvalue weighted by molar-refractivity contribution is -0.140. The minimum atomic E-state index is -4.34. The van der Waals surface area contributed by atoms with Crippen molar-refractivity contribution in [2.45, 2.75) is 24.9 Å². The predicted octanol–water partition coefficient (Wildman–Crippen LogP) is 3.87. The maximum atomic E-state index is 12.8. The highest BCUT2D eigenvalue weighted by Crippen LogP contribution is 2.48. The summed E-state index contributed by atoms with van der Waals surface area (Å²) in [6.45, 7) is -0.0270. The standard InChI is InChI=1S/C28H24N2O7S/c1-30-24(29-27(34)37-17-18-5-3-2-4-6-18)23(25(31)38(30,35)36)21-9-7-19(8-10-21)20-11-13-22(14-12-20)28(15-16-28)26(32)33/h2-14H,15-17H2,1H3,(H,29,34)(H,32,33). The van der Waals surface area contributed by atoms with E-state index in [0.29, 0.717) is 18.4 Å². The van der Waals surface area contributed by atoms with Crippen LogP contribution in [0.4, 0.5) is 4.79 Å². The number of carbonyl (C=O) groups excluding carboxylic acids is 2. The van der Waals surface area contributed by atoms with Gasteiger partial charge in [0.25, 0.3) is 0 Å². The summed E-state index contributed by atoms with van der Waals surface area (Å²) in [6.07, 6.45) is 0.338. The fourth-order valence-corrected chi connectivity index (χ4v) is 5.54. The summed E-state index contributed by atoms with van der Waals surface area (Å²) in [4.78, 5) is 36.9. The molecule has 3 aromatic carbocycles. The van der Waals surface area contributed by atoms with Crippen LogP contribution in [0.15, 0.2) is 84.7 Å². The first kappa shape index (κ1) is 25.2. The zero-order valence-electron chi connectivity index (χ0n) is 20.4. The van der Waals surface area contributed by atoms with E-state index in [0.717, 1.165) is 26.6 Å². The van der Waals surface area contributed by atoms with Crippen molar-refractivity contribution in [1.29, 1.82) is 0 Å². The normalized spacial score (nSPS) is 17.3. The number of hydrogen-bond donors (Lipinski definition) is 2. The number of hydrogen-bond acceptors (Lipinski definition) is 6. The zero-order chi connectivity index (χ0) is 27.1. The molecule has 1 heterocycles. The second-order valence-electron chi connectivity index (χ2n) is 9.21. The molecule has 0 atom stereocenters.